The lowest BCUT2D eigenvalue weighted by Crippen LogP contribution is -2.37. The zero-order chi connectivity index (χ0) is 12.0. The predicted molar refractivity (Wildman–Crippen MR) is 68.6 cm³/mol. The number of hydrogen-bond acceptors (Lipinski definition) is 2. The molecule has 0 saturated heterocycles. The fraction of sp³-hybridized carbons (Fsp3) is 0.538. The molecule has 0 saturated carbocycles. The molecule has 0 spiro atoms. The third kappa shape index (κ3) is 4.12. The van der Waals surface area contributed by atoms with E-state index in [-0.39, 0.29) is 12.6 Å². The van der Waals surface area contributed by atoms with Gasteiger partial charge >= 0.3 is 0 Å². The van der Waals surface area contributed by atoms with E-state index in [9.17, 15) is 5.11 Å². The molecule has 1 aromatic carbocycles. The molecule has 0 aliphatic rings. The van der Waals surface area contributed by atoms with Gasteiger partial charge in [0.15, 0.2) is 0 Å². The van der Waals surface area contributed by atoms with E-state index in [0.717, 1.165) is 18.0 Å². The lowest BCUT2D eigenvalue weighted by Gasteiger charge is -2.22. The molecule has 2 unspecified atom stereocenters. The van der Waals surface area contributed by atoms with Crippen LogP contribution in [0.3, 0.4) is 0 Å². The van der Waals surface area contributed by atoms with Crippen LogP contribution in [-0.2, 0) is 6.54 Å². The number of halogens is 1. The molecule has 0 aliphatic carbocycles. The molecular weight excluding hydrogens is 222 g/mol. The van der Waals surface area contributed by atoms with Crippen molar-refractivity contribution in [2.45, 2.75) is 32.9 Å². The Hall–Kier alpha value is -0.570. The highest BCUT2D eigenvalue weighted by Gasteiger charge is 2.13. The zero-order valence-corrected chi connectivity index (χ0v) is 10.7. The first kappa shape index (κ1) is 13.5. The van der Waals surface area contributed by atoms with Crippen molar-refractivity contribution in [2.24, 2.45) is 5.92 Å². The molecule has 2 atom stereocenters. The second-order valence-corrected chi connectivity index (χ2v) is 4.62. The molecule has 1 aromatic rings. The van der Waals surface area contributed by atoms with Crippen LogP contribution in [0.5, 0.6) is 0 Å². The van der Waals surface area contributed by atoms with Crippen LogP contribution < -0.4 is 5.32 Å². The van der Waals surface area contributed by atoms with E-state index >= 15 is 0 Å². The Kier molecular flexibility index (Phi) is 5.81. The molecule has 90 valence electrons. The van der Waals surface area contributed by atoms with Gasteiger partial charge in [0.25, 0.3) is 0 Å². The Bertz CT molecular complexity index is 299. The van der Waals surface area contributed by atoms with Gasteiger partial charge in [-0.15, -0.1) is 0 Å². The minimum absolute atomic E-state index is 0.167. The van der Waals surface area contributed by atoms with Crippen molar-refractivity contribution in [2.75, 3.05) is 6.61 Å². The lowest BCUT2D eigenvalue weighted by atomic mass is 10.00. The predicted octanol–water partition coefficient (Wildman–Crippen LogP) is 2.84. The molecule has 0 aliphatic heterocycles. The third-order valence-electron chi connectivity index (χ3n) is 3.01. The van der Waals surface area contributed by atoms with Crippen molar-refractivity contribution < 1.29 is 5.11 Å². The summed E-state index contributed by atoms with van der Waals surface area (Å²) in [6.07, 6.45) is 1.07. The molecule has 0 radical (unpaired) electrons. The summed E-state index contributed by atoms with van der Waals surface area (Å²) in [6.45, 7) is 5.24. The van der Waals surface area contributed by atoms with Crippen molar-refractivity contribution in [1.82, 2.24) is 5.32 Å². The SMILES string of the molecule is CCC(C)C(CO)NCc1ccc(Cl)cc1. The normalized spacial score (nSPS) is 14.8. The second-order valence-electron chi connectivity index (χ2n) is 4.18. The van der Waals surface area contributed by atoms with Gasteiger partial charge in [0.05, 0.1) is 6.61 Å². The van der Waals surface area contributed by atoms with Crippen LogP contribution in [0.15, 0.2) is 24.3 Å². The summed E-state index contributed by atoms with van der Waals surface area (Å²) >= 11 is 5.81. The number of aliphatic hydroxyl groups excluding tert-OH is 1. The van der Waals surface area contributed by atoms with E-state index in [0.29, 0.717) is 5.92 Å². The van der Waals surface area contributed by atoms with E-state index in [4.69, 9.17) is 11.6 Å². The Labute approximate surface area is 103 Å². The van der Waals surface area contributed by atoms with Gasteiger partial charge in [0.2, 0.25) is 0 Å². The fourth-order valence-electron chi connectivity index (χ4n) is 1.58. The number of hydrogen-bond donors (Lipinski definition) is 2. The summed E-state index contributed by atoms with van der Waals surface area (Å²) in [7, 11) is 0. The van der Waals surface area contributed by atoms with Crippen LogP contribution in [0.25, 0.3) is 0 Å². The van der Waals surface area contributed by atoms with E-state index in [1.54, 1.807) is 0 Å². The molecule has 2 N–H and O–H groups in total. The standard InChI is InChI=1S/C13H20ClNO/c1-3-10(2)13(9-16)15-8-11-4-6-12(14)7-5-11/h4-7,10,13,15-16H,3,8-9H2,1-2H3. The van der Waals surface area contributed by atoms with E-state index in [2.05, 4.69) is 19.2 Å². The summed E-state index contributed by atoms with van der Waals surface area (Å²) in [4.78, 5) is 0. The molecule has 0 amide bonds. The highest BCUT2D eigenvalue weighted by atomic mass is 35.5. The minimum atomic E-state index is 0.167. The maximum absolute atomic E-state index is 9.27. The maximum Gasteiger partial charge on any atom is 0.0587 e. The average Bonchev–Trinajstić information content (AvgIpc) is 2.31. The molecule has 3 heteroatoms. The van der Waals surface area contributed by atoms with Crippen molar-refractivity contribution in [3.63, 3.8) is 0 Å². The van der Waals surface area contributed by atoms with Crippen LogP contribution in [0.4, 0.5) is 0 Å². The Morgan fingerprint density at radius 3 is 2.44 bits per heavy atom. The first-order chi connectivity index (χ1) is 7.67. The highest BCUT2D eigenvalue weighted by molar-refractivity contribution is 6.30. The topological polar surface area (TPSA) is 32.3 Å². The second kappa shape index (κ2) is 6.89. The lowest BCUT2D eigenvalue weighted by molar-refractivity contribution is 0.201. The Morgan fingerprint density at radius 2 is 1.94 bits per heavy atom. The number of nitrogens with one attached hydrogen (secondary N) is 1. The van der Waals surface area contributed by atoms with Crippen LogP contribution in [0, 0.1) is 5.92 Å². The van der Waals surface area contributed by atoms with Gasteiger partial charge in [-0.2, -0.15) is 0 Å². The number of aliphatic hydroxyl groups is 1. The zero-order valence-electron chi connectivity index (χ0n) is 9.91. The largest absolute Gasteiger partial charge is 0.395 e. The van der Waals surface area contributed by atoms with Gasteiger partial charge in [0.1, 0.15) is 0 Å². The van der Waals surface area contributed by atoms with Gasteiger partial charge in [-0.1, -0.05) is 44.0 Å². The molecule has 0 bridgehead atoms. The van der Waals surface area contributed by atoms with Crippen LogP contribution in [0.2, 0.25) is 5.02 Å². The van der Waals surface area contributed by atoms with Crippen LogP contribution in [0.1, 0.15) is 25.8 Å². The van der Waals surface area contributed by atoms with Crippen molar-refractivity contribution in [1.29, 1.82) is 0 Å². The van der Waals surface area contributed by atoms with E-state index in [1.807, 2.05) is 24.3 Å². The Balaban J connectivity index is 2.46. The van der Waals surface area contributed by atoms with Gasteiger partial charge in [-0.05, 0) is 23.6 Å². The molecule has 0 fully saturated rings. The molecule has 2 nitrogen and oxygen atoms in total. The summed E-state index contributed by atoms with van der Waals surface area (Å²) < 4.78 is 0. The fourth-order valence-corrected chi connectivity index (χ4v) is 1.71. The summed E-state index contributed by atoms with van der Waals surface area (Å²) in [6, 6.07) is 7.94. The Morgan fingerprint density at radius 1 is 1.31 bits per heavy atom. The summed E-state index contributed by atoms with van der Waals surface area (Å²) in [5, 5.41) is 13.4. The van der Waals surface area contributed by atoms with Gasteiger partial charge < -0.3 is 10.4 Å². The minimum Gasteiger partial charge on any atom is -0.395 e. The van der Waals surface area contributed by atoms with Gasteiger partial charge in [0, 0.05) is 17.6 Å². The van der Waals surface area contributed by atoms with Crippen LogP contribution >= 0.6 is 11.6 Å². The smallest absolute Gasteiger partial charge is 0.0587 e. The average molecular weight is 242 g/mol. The molecular formula is C13H20ClNO. The van der Waals surface area contributed by atoms with E-state index < -0.39 is 0 Å². The molecule has 16 heavy (non-hydrogen) atoms. The van der Waals surface area contributed by atoms with Crippen molar-refractivity contribution >= 4 is 11.6 Å². The number of benzene rings is 1. The molecule has 0 heterocycles. The monoisotopic (exact) mass is 241 g/mol. The summed E-state index contributed by atoms with van der Waals surface area (Å²) in [5.74, 6) is 0.484. The van der Waals surface area contributed by atoms with E-state index in [1.165, 1.54) is 5.56 Å². The highest BCUT2D eigenvalue weighted by Crippen LogP contribution is 2.11. The third-order valence-corrected chi connectivity index (χ3v) is 3.26. The number of rotatable bonds is 6. The van der Waals surface area contributed by atoms with Gasteiger partial charge in [-0.25, -0.2) is 0 Å². The maximum atomic E-state index is 9.27. The van der Waals surface area contributed by atoms with Crippen molar-refractivity contribution in [3.8, 4) is 0 Å². The molecule has 1 rings (SSSR count). The molecule has 0 aromatic heterocycles. The quantitative estimate of drug-likeness (QED) is 0.803. The van der Waals surface area contributed by atoms with Gasteiger partial charge in [-0.3, -0.25) is 0 Å². The first-order valence-corrected chi connectivity index (χ1v) is 6.13. The first-order valence-electron chi connectivity index (χ1n) is 5.76. The van der Waals surface area contributed by atoms with Crippen molar-refractivity contribution in [3.05, 3.63) is 34.9 Å². The summed E-state index contributed by atoms with van der Waals surface area (Å²) in [5.41, 5.74) is 1.19. The van der Waals surface area contributed by atoms with Crippen LogP contribution in [-0.4, -0.2) is 17.8 Å².